The number of carbonyl (C=O) groups excluding carboxylic acids is 1. The highest BCUT2D eigenvalue weighted by molar-refractivity contribution is 6.02. The van der Waals surface area contributed by atoms with E-state index in [4.69, 9.17) is 4.42 Å². The second-order valence-corrected chi connectivity index (χ2v) is 5.53. The summed E-state index contributed by atoms with van der Waals surface area (Å²) in [5, 5.41) is 2.81. The zero-order chi connectivity index (χ0) is 15.5. The number of anilines is 2. The van der Waals surface area contributed by atoms with E-state index in [1.54, 1.807) is 6.92 Å². The first kappa shape index (κ1) is 14.6. The number of nitrogens with one attached hydrogen (secondary N) is 1. The van der Waals surface area contributed by atoms with Crippen LogP contribution in [-0.4, -0.2) is 49.0 Å². The average molecular weight is 300 g/mol. The summed E-state index contributed by atoms with van der Waals surface area (Å²) in [6, 6.07) is 7.89. The Morgan fingerprint density at radius 3 is 2.45 bits per heavy atom. The lowest BCUT2D eigenvalue weighted by Crippen LogP contribution is -2.44. The van der Waals surface area contributed by atoms with Gasteiger partial charge in [-0.25, -0.2) is 4.98 Å². The zero-order valence-corrected chi connectivity index (χ0v) is 12.9. The predicted molar refractivity (Wildman–Crippen MR) is 85.3 cm³/mol. The molecule has 1 saturated heterocycles. The quantitative estimate of drug-likeness (QED) is 0.939. The van der Waals surface area contributed by atoms with E-state index in [1.807, 2.05) is 24.3 Å². The Morgan fingerprint density at radius 1 is 1.18 bits per heavy atom. The Morgan fingerprint density at radius 2 is 1.86 bits per heavy atom. The number of rotatable bonds is 3. The van der Waals surface area contributed by atoms with E-state index in [0.717, 1.165) is 31.9 Å². The Kier molecular flexibility index (Phi) is 4.11. The van der Waals surface area contributed by atoms with Crippen LogP contribution < -0.4 is 10.2 Å². The number of hydrogen-bond acceptors (Lipinski definition) is 5. The molecule has 0 saturated carbocycles. The number of nitrogens with zero attached hydrogens (tertiary/aromatic N) is 3. The number of aromatic nitrogens is 1. The number of oxazole rings is 1. The molecule has 1 aromatic heterocycles. The van der Waals surface area contributed by atoms with E-state index in [0.29, 0.717) is 5.89 Å². The maximum atomic E-state index is 12.0. The second-order valence-electron chi connectivity index (χ2n) is 5.53. The van der Waals surface area contributed by atoms with Crippen LogP contribution in [0.25, 0.3) is 0 Å². The highest BCUT2D eigenvalue weighted by Gasteiger charge is 2.15. The topological polar surface area (TPSA) is 61.6 Å². The van der Waals surface area contributed by atoms with Crippen LogP contribution in [0.15, 0.2) is 34.9 Å². The van der Waals surface area contributed by atoms with Crippen molar-refractivity contribution < 1.29 is 9.21 Å². The molecule has 2 heterocycles. The fourth-order valence-electron chi connectivity index (χ4n) is 2.48. The zero-order valence-electron chi connectivity index (χ0n) is 12.9. The van der Waals surface area contributed by atoms with Crippen molar-refractivity contribution in [3.8, 4) is 0 Å². The normalized spacial score (nSPS) is 15.8. The SMILES string of the molecule is Cc1ncc(C(=O)Nc2ccc(N3CCN(C)CC3)cc2)o1. The number of amides is 1. The number of aryl methyl sites for hydroxylation is 1. The smallest absolute Gasteiger partial charge is 0.293 e. The van der Waals surface area contributed by atoms with Gasteiger partial charge in [0.2, 0.25) is 5.76 Å². The second kappa shape index (κ2) is 6.19. The Balaban J connectivity index is 1.63. The third-order valence-electron chi connectivity index (χ3n) is 3.84. The van der Waals surface area contributed by atoms with Gasteiger partial charge in [0.1, 0.15) is 0 Å². The summed E-state index contributed by atoms with van der Waals surface area (Å²) in [6.45, 7) is 5.91. The third-order valence-corrected chi connectivity index (χ3v) is 3.84. The van der Waals surface area contributed by atoms with Gasteiger partial charge in [0, 0.05) is 44.5 Å². The first-order valence-electron chi connectivity index (χ1n) is 7.39. The lowest BCUT2D eigenvalue weighted by molar-refractivity contribution is 0.0995. The summed E-state index contributed by atoms with van der Waals surface area (Å²) in [6.07, 6.45) is 1.43. The molecule has 22 heavy (non-hydrogen) atoms. The maximum absolute atomic E-state index is 12.0. The van der Waals surface area contributed by atoms with Gasteiger partial charge in [0.15, 0.2) is 5.89 Å². The van der Waals surface area contributed by atoms with Gasteiger partial charge in [-0.1, -0.05) is 0 Å². The highest BCUT2D eigenvalue weighted by atomic mass is 16.4. The minimum absolute atomic E-state index is 0.223. The molecule has 1 aromatic carbocycles. The lowest BCUT2D eigenvalue weighted by Gasteiger charge is -2.34. The molecule has 6 heteroatoms. The molecule has 6 nitrogen and oxygen atoms in total. The largest absolute Gasteiger partial charge is 0.436 e. The summed E-state index contributed by atoms with van der Waals surface area (Å²) in [4.78, 5) is 20.6. The van der Waals surface area contributed by atoms with Gasteiger partial charge in [-0.15, -0.1) is 0 Å². The van der Waals surface area contributed by atoms with E-state index < -0.39 is 0 Å². The van der Waals surface area contributed by atoms with Gasteiger partial charge < -0.3 is 19.5 Å². The number of likely N-dealkylation sites (N-methyl/N-ethyl adjacent to an activating group) is 1. The van der Waals surface area contributed by atoms with Gasteiger partial charge in [-0.2, -0.15) is 0 Å². The molecule has 1 aliphatic rings. The monoisotopic (exact) mass is 300 g/mol. The molecular formula is C16H20N4O2. The van der Waals surface area contributed by atoms with Crippen molar-refractivity contribution in [1.29, 1.82) is 0 Å². The van der Waals surface area contributed by atoms with Crippen LogP contribution in [0.4, 0.5) is 11.4 Å². The molecule has 0 atom stereocenters. The average Bonchev–Trinajstić information content (AvgIpc) is 2.96. The molecule has 1 aliphatic heterocycles. The fourth-order valence-corrected chi connectivity index (χ4v) is 2.48. The summed E-state index contributed by atoms with van der Waals surface area (Å²) >= 11 is 0. The van der Waals surface area contributed by atoms with Crippen molar-refractivity contribution in [3.05, 3.63) is 42.1 Å². The maximum Gasteiger partial charge on any atom is 0.293 e. The third kappa shape index (κ3) is 3.28. The summed E-state index contributed by atoms with van der Waals surface area (Å²) in [7, 11) is 2.14. The van der Waals surface area contributed by atoms with Crippen LogP contribution in [-0.2, 0) is 0 Å². The van der Waals surface area contributed by atoms with Gasteiger partial charge in [-0.05, 0) is 31.3 Å². The highest BCUT2D eigenvalue weighted by Crippen LogP contribution is 2.19. The molecule has 2 aromatic rings. The van der Waals surface area contributed by atoms with Crippen molar-refractivity contribution in [2.45, 2.75) is 6.92 Å². The molecule has 1 N–H and O–H groups in total. The Labute approximate surface area is 129 Å². The van der Waals surface area contributed by atoms with Gasteiger partial charge in [0.05, 0.1) is 6.20 Å². The number of benzene rings is 1. The predicted octanol–water partition coefficient (Wildman–Crippen LogP) is 1.99. The lowest BCUT2D eigenvalue weighted by atomic mass is 10.2. The van der Waals surface area contributed by atoms with Crippen molar-refractivity contribution >= 4 is 17.3 Å². The molecule has 1 fully saturated rings. The van der Waals surface area contributed by atoms with E-state index in [9.17, 15) is 4.79 Å². The molecule has 0 bridgehead atoms. The van der Waals surface area contributed by atoms with Crippen LogP contribution in [0, 0.1) is 6.92 Å². The van der Waals surface area contributed by atoms with E-state index in [2.05, 4.69) is 27.1 Å². The number of piperazine rings is 1. The van der Waals surface area contributed by atoms with Crippen molar-refractivity contribution in [1.82, 2.24) is 9.88 Å². The van der Waals surface area contributed by atoms with Crippen molar-refractivity contribution in [2.75, 3.05) is 43.4 Å². The first-order valence-corrected chi connectivity index (χ1v) is 7.39. The molecule has 0 radical (unpaired) electrons. The summed E-state index contributed by atoms with van der Waals surface area (Å²) in [5.41, 5.74) is 1.93. The van der Waals surface area contributed by atoms with Gasteiger partial charge in [0.25, 0.3) is 5.91 Å². The van der Waals surface area contributed by atoms with E-state index >= 15 is 0 Å². The van der Waals surface area contributed by atoms with Crippen LogP contribution in [0.2, 0.25) is 0 Å². The Hall–Kier alpha value is -2.34. The van der Waals surface area contributed by atoms with E-state index in [-0.39, 0.29) is 11.7 Å². The van der Waals surface area contributed by atoms with Gasteiger partial charge >= 0.3 is 0 Å². The molecule has 0 unspecified atom stereocenters. The van der Waals surface area contributed by atoms with Crippen LogP contribution in [0.5, 0.6) is 0 Å². The number of hydrogen-bond donors (Lipinski definition) is 1. The molecule has 1 amide bonds. The molecule has 116 valence electrons. The summed E-state index contributed by atoms with van der Waals surface area (Å²) in [5.74, 6) is 0.421. The molecular weight excluding hydrogens is 280 g/mol. The fraction of sp³-hybridized carbons (Fsp3) is 0.375. The minimum atomic E-state index is -0.284. The van der Waals surface area contributed by atoms with Crippen molar-refractivity contribution in [3.63, 3.8) is 0 Å². The Bertz CT molecular complexity index is 642. The summed E-state index contributed by atoms with van der Waals surface area (Å²) < 4.78 is 5.21. The van der Waals surface area contributed by atoms with Crippen LogP contribution >= 0.6 is 0 Å². The molecule has 3 rings (SSSR count). The van der Waals surface area contributed by atoms with Crippen molar-refractivity contribution in [2.24, 2.45) is 0 Å². The molecule has 0 spiro atoms. The minimum Gasteiger partial charge on any atom is -0.436 e. The standard InChI is InChI=1S/C16H20N4O2/c1-12-17-11-15(22-12)16(21)18-13-3-5-14(6-4-13)20-9-7-19(2)8-10-20/h3-6,11H,7-10H2,1-2H3,(H,18,21). The van der Waals surface area contributed by atoms with Crippen LogP contribution in [0.3, 0.4) is 0 Å². The molecule has 0 aliphatic carbocycles. The number of carbonyl (C=O) groups is 1. The first-order chi connectivity index (χ1) is 10.6. The van der Waals surface area contributed by atoms with E-state index in [1.165, 1.54) is 11.9 Å². The van der Waals surface area contributed by atoms with Crippen LogP contribution in [0.1, 0.15) is 16.4 Å². The van der Waals surface area contributed by atoms with Gasteiger partial charge in [-0.3, -0.25) is 4.79 Å².